The number of carbonyl (C=O) groups excluding carboxylic acids is 1. The molecule has 1 aromatic heterocycles. The normalized spacial score (nSPS) is 19.7. The third kappa shape index (κ3) is 4.60. The molecule has 0 spiro atoms. The molecule has 1 fully saturated rings. The lowest BCUT2D eigenvalue weighted by atomic mass is 9.91. The number of hydrogen-bond donors (Lipinski definition) is 3. The van der Waals surface area contributed by atoms with Crippen molar-refractivity contribution in [3.05, 3.63) is 46.9 Å². The number of anilines is 2. The van der Waals surface area contributed by atoms with Gasteiger partial charge >= 0.3 is 0 Å². The average Bonchev–Trinajstić information content (AvgIpc) is 2.65. The summed E-state index contributed by atoms with van der Waals surface area (Å²) < 4.78 is 13.2. The number of benzene rings is 1. The number of carbonyl (C=O) groups is 1. The van der Waals surface area contributed by atoms with Crippen LogP contribution in [0.3, 0.4) is 0 Å². The van der Waals surface area contributed by atoms with Crippen molar-refractivity contribution in [2.24, 2.45) is 0 Å². The lowest BCUT2D eigenvalue weighted by Gasteiger charge is -2.29. The minimum absolute atomic E-state index is 0.0469. The van der Waals surface area contributed by atoms with Crippen molar-refractivity contribution in [1.29, 1.82) is 0 Å². The lowest BCUT2D eigenvalue weighted by molar-refractivity contribution is 0.0926. The second kappa shape index (κ2) is 8.31. The highest BCUT2D eigenvalue weighted by Gasteiger charge is 2.23. The second-order valence-corrected chi connectivity index (χ2v) is 6.72. The SMILES string of the molecule is CNc1ccnc(N[C@H]2CC[C@@H](NC(=O)c3ccc(F)c(Cl)c3)CC2)n1. The Bertz CT molecular complexity index is 780. The van der Waals surface area contributed by atoms with Gasteiger partial charge in [-0.2, -0.15) is 4.98 Å². The van der Waals surface area contributed by atoms with Gasteiger partial charge in [-0.15, -0.1) is 0 Å². The van der Waals surface area contributed by atoms with Crippen molar-refractivity contribution in [3.63, 3.8) is 0 Å². The average molecular weight is 378 g/mol. The Hall–Kier alpha value is -2.41. The summed E-state index contributed by atoms with van der Waals surface area (Å²) in [6.07, 6.45) is 5.22. The molecule has 2 aromatic rings. The van der Waals surface area contributed by atoms with Gasteiger partial charge in [0.1, 0.15) is 11.6 Å². The molecule has 0 saturated heterocycles. The van der Waals surface area contributed by atoms with Crippen LogP contribution in [0.15, 0.2) is 30.5 Å². The molecule has 3 rings (SSSR count). The Morgan fingerprint density at radius 2 is 1.92 bits per heavy atom. The molecule has 138 valence electrons. The van der Waals surface area contributed by atoms with Gasteiger partial charge in [0.15, 0.2) is 0 Å². The first kappa shape index (κ1) is 18.4. The van der Waals surface area contributed by atoms with Gasteiger partial charge in [-0.05, 0) is 49.9 Å². The van der Waals surface area contributed by atoms with Crippen LogP contribution < -0.4 is 16.0 Å². The molecule has 1 heterocycles. The summed E-state index contributed by atoms with van der Waals surface area (Å²) in [5.74, 6) is 0.611. The maximum absolute atomic E-state index is 13.2. The van der Waals surface area contributed by atoms with Gasteiger partial charge in [0, 0.05) is 30.9 Å². The Balaban J connectivity index is 1.50. The number of aromatic nitrogens is 2. The van der Waals surface area contributed by atoms with Crippen LogP contribution >= 0.6 is 11.6 Å². The number of nitrogens with one attached hydrogen (secondary N) is 3. The summed E-state index contributed by atoms with van der Waals surface area (Å²) in [4.78, 5) is 20.9. The third-order valence-corrected chi connectivity index (χ3v) is 4.78. The van der Waals surface area contributed by atoms with E-state index in [2.05, 4.69) is 25.9 Å². The fourth-order valence-electron chi connectivity index (χ4n) is 3.04. The van der Waals surface area contributed by atoms with Gasteiger partial charge in [-0.25, -0.2) is 9.37 Å². The molecule has 1 aliphatic rings. The standard InChI is InChI=1S/C18H21ClFN5O/c1-21-16-8-9-22-18(25-16)24-13-5-3-12(4-6-13)23-17(26)11-2-7-15(20)14(19)10-11/h2,7-10,12-13H,3-6H2,1H3,(H,23,26)(H2,21,22,24,25)/t12-,13+. The van der Waals surface area contributed by atoms with E-state index < -0.39 is 5.82 Å². The number of halogens is 2. The molecule has 8 heteroatoms. The molecule has 1 amide bonds. The zero-order valence-corrected chi connectivity index (χ0v) is 15.2. The molecule has 0 bridgehead atoms. The number of rotatable bonds is 5. The van der Waals surface area contributed by atoms with Crippen LogP contribution in [0, 0.1) is 5.82 Å². The van der Waals surface area contributed by atoms with Gasteiger partial charge < -0.3 is 16.0 Å². The van der Waals surface area contributed by atoms with E-state index in [0.29, 0.717) is 11.5 Å². The third-order valence-electron chi connectivity index (χ3n) is 4.49. The molecule has 0 radical (unpaired) electrons. The van der Waals surface area contributed by atoms with Crippen molar-refractivity contribution in [1.82, 2.24) is 15.3 Å². The van der Waals surface area contributed by atoms with Gasteiger partial charge in [0.2, 0.25) is 5.95 Å². The molecule has 0 atom stereocenters. The minimum Gasteiger partial charge on any atom is -0.373 e. The molecular formula is C18H21ClFN5O. The van der Waals surface area contributed by atoms with Crippen LogP contribution in [0.1, 0.15) is 36.0 Å². The van der Waals surface area contributed by atoms with E-state index in [0.717, 1.165) is 31.5 Å². The number of hydrogen-bond acceptors (Lipinski definition) is 5. The van der Waals surface area contributed by atoms with Gasteiger partial charge in [0.25, 0.3) is 5.91 Å². The highest BCUT2D eigenvalue weighted by molar-refractivity contribution is 6.31. The monoisotopic (exact) mass is 377 g/mol. The van der Waals surface area contributed by atoms with Crippen molar-refractivity contribution in [2.45, 2.75) is 37.8 Å². The van der Waals surface area contributed by atoms with E-state index in [-0.39, 0.29) is 23.0 Å². The maximum atomic E-state index is 13.2. The van der Waals surface area contributed by atoms with Crippen molar-refractivity contribution < 1.29 is 9.18 Å². The predicted molar refractivity (Wildman–Crippen MR) is 100 cm³/mol. The predicted octanol–water partition coefficient (Wildman–Crippen LogP) is 3.46. The summed E-state index contributed by atoms with van der Waals surface area (Å²) >= 11 is 5.74. The maximum Gasteiger partial charge on any atom is 0.251 e. The highest BCUT2D eigenvalue weighted by atomic mass is 35.5. The van der Waals surface area contributed by atoms with Crippen LogP contribution in [-0.4, -0.2) is 35.0 Å². The number of nitrogens with zero attached hydrogens (tertiary/aromatic N) is 2. The fraction of sp³-hybridized carbons (Fsp3) is 0.389. The summed E-state index contributed by atoms with van der Waals surface area (Å²) in [6, 6.07) is 6.17. The van der Waals surface area contributed by atoms with E-state index in [1.165, 1.54) is 18.2 Å². The summed E-state index contributed by atoms with van der Waals surface area (Å²) in [7, 11) is 1.81. The lowest BCUT2D eigenvalue weighted by Crippen LogP contribution is -2.40. The van der Waals surface area contributed by atoms with Crippen LogP contribution in [-0.2, 0) is 0 Å². The van der Waals surface area contributed by atoms with Crippen molar-refractivity contribution in [3.8, 4) is 0 Å². The zero-order valence-electron chi connectivity index (χ0n) is 14.4. The molecule has 0 aliphatic heterocycles. The molecular weight excluding hydrogens is 357 g/mol. The molecule has 3 N–H and O–H groups in total. The van der Waals surface area contributed by atoms with Crippen LogP contribution in [0.4, 0.5) is 16.2 Å². The smallest absolute Gasteiger partial charge is 0.251 e. The second-order valence-electron chi connectivity index (χ2n) is 6.31. The molecule has 26 heavy (non-hydrogen) atoms. The fourth-order valence-corrected chi connectivity index (χ4v) is 3.22. The Morgan fingerprint density at radius 3 is 2.62 bits per heavy atom. The van der Waals surface area contributed by atoms with Crippen molar-refractivity contribution in [2.75, 3.05) is 17.7 Å². The molecule has 1 saturated carbocycles. The molecule has 1 aliphatic carbocycles. The molecule has 0 unspecified atom stereocenters. The largest absolute Gasteiger partial charge is 0.373 e. The molecule has 1 aromatic carbocycles. The topological polar surface area (TPSA) is 78.9 Å². The van der Waals surface area contributed by atoms with Crippen molar-refractivity contribution >= 4 is 29.3 Å². The van der Waals surface area contributed by atoms with Crippen LogP contribution in [0.2, 0.25) is 5.02 Å². The van der Waals surface area contributed by atoms with Crippen LogP contribution in [0.25, 0.3) is 0 Å². The Kier molecular flexibility index (Phi) is 5.88. The Morgan fingerprint density at radius 1 is 1.19 bits per heavy atom. The van der Waals surface area contributed by atoms with E-state index in [9.17, 15) is 9.18 Å². The van der Waals surface area contributed by atoms with E-state index in [1.54, 1.807) is 12.3 Å². The Labute approximate surface area is 156 Å². The van der Waals surface area contributed by atoms with Crippen LogP contribution in [0.5, 0.6) is 0 Å². The van der Waals surface area contributed by atoms with Gasteiger partial charge in [-0.3, -0.25) is 4.79 Å². The zero-order chi connectivity index (χ0) is 18.5. The van der Waals surface area contributed by atoms with E-state index in [4.69, 9.17) is 11.6 Å². The van der Waals surface area contributed by atoms with Gasteiger partial charge in [-0.1, -0.05) is 11.6 Å². The summed E-state index contributed by atoms with van der Waals surface area (Å²) in [5.41, 5.74) is 0.369. The van der Waals surface area contributed by atoms with Gasteiger partial charge in [0.05, 0.1) is 5.02 Å². The highest BCUT2D eigenvalue weighted by Crippen LogP contribution is 2.22. The summed E-state index contributed by atoms with van der Waals surface area (Å²) in [6.45, 7) is 0. The quantitative estimate of drug-likeness (QED) is 0.743. The van der Waals surface area contributed by atoms with E-state index >= 15 is 0 Å². The number of amides is 1. The first-order chi connectivity index (χ1) is 12.5. The van der Waals surface area contributed by atoms with E-state index in [1.807, 2.05) is 7.05 Å². The first-order valence-electron chi connectivity index (χ1n) is 8.58. The summed E-state index contributed by atoms with van der Waals surface area (Å²) in [5, 5.41) is 9.27. The molecule has 6 nitrogen and oxygen atoms in total. The minimum atomic E-state index is -0.528. The first-order valence-corrected chi connectivity index (χ1v) is 8.96.